The fraction of sp³-hybridized carbons (Fsp3) is 0.467. The van der Waals surface area contributed by atoms with Crippen LogP contribution in [-0.4, -0.2) is 13.1 Å². The summed E-state index contributed by atoms with van der Waals surface area (Å²) < 4.78 is 18.8. The number of hydrogen-bond acceptors (Lipinski definition) is 2. The van der Waals surface area contributed by atoms with Gasteiger partial charge in [0.25, 0.3) is 0 Å². The minimum atomic E-state index is -0.215. The van der Waals surface area contributed by atoms with Crippen molar-refractivity contribution in [2.75, 3.05) is 13.1 Å². The van der Waals surface area contributed by atoms with Gasteiger partial charge in [-0.1, -0.05) is 13.8 Å². The molecule has 1 heterocycles. The second kappa shape index (κ2) is 6.01. The molecule has 0 aliphatic heterocycles. The monoisotopic (exact) mass is 249 g/mol. The Morgan fingerprint density at radius 3 is 2.94 bits per heavy atom. The zero-order chi connectivity index (χ0) is 13.0. The lowest BCUT2D eigenvalue weighted by Crippen LogP contribution is -2.22. The SMILES string of the molecule is CCCNCC(C)Cc1cc2cc(F)ccc2o1. The molecule has 2 nitrogen and oxygen atoms in total. The van der Waals surface area contributed by atoms with Crippen LogP contribution in [0.15, 0.2) is 28.7 Å². The van der Waals surface area contributed by atoms with Crippen molar-refractivity contribution >= 4 is 11.0 Å². The Kier molecular flexibility index (Phi) is 4.37. The normalized spacial score (nSPS) is 13.1. The number of rotatable bonds is 6. The number of hydrogen-bond donors (Lipinski definition) is 1. The van der Waals surface area contributed by atoms with Crippen molar-refractivity contribution in [1.29, 1.82) is 0 Å². The van der Waals surface area contributed by atoms with Crippen molar-refractivity contribution in [3.05, 3.63) is 35.8 Å². The van der Waals surface area contributed by atoms with Gasteiger partial charge in [-0.2, -0.15) is 0 Å². The molecule has 0 spiro atoms. The molecule has 0 amide bonds. The summed E-state index contributed by atoms with van der Waals surface area (Å²) in [7, 11) is 0. The molecule has 0 saturated carbocycles. The highest BCUT2D eigenvalue weighted by atomic mass is 19.1. The highest BCUT2D eigenvalue weighted by molar-refractivity contribution is 5.77. The summed E-state index contributed by atoms with van der Waals surface area (Å²) in [5.74, 6) is 1.23. The Morgan fingerprint density at radius 2 is 2.17 bits per heavy atom. The van der Waals surface area contributed by atoms with E-state index in [1.165, 1.54) is 12.1 Å². The van der Waals surface area contributed by atoms with Crippen LogP contribution in [0.2, 0.25) is 0 Å². The summed E-state index contributed by atoms with van der Waals surface area (Å²) in [6.07, 6.45) is 2.03. The first-order valence-corrected chi connectivity index (χ1v) is 6.57. The van der Waals surface area contributed by atoms with E-state index in [1.807, 2.05) is 6.07 Å². The standard InChI is InChI=1S/C15H20FNO/c1-3-6-17-10-11(2)7-14-9-12-8-13(16)4-5-15(12)18-14/h4-5,8-9,11,17H,3,6-7,10H2,1-2H3. The van der Waals surface area contributed by atoms with Gasteiger partial charge in [0, 0.05) is 11.8 Å². The second-order valence-corrected chi connectivity index (χ2v) is 4.91. The number of nitrogens with one attached hydrogen (secondary N) is 1. The summed E-state index contributed by atoms with van der Waals surface area (Å²) in [6, 6.07) is 6.58. The van der Waals surface area contributed by atoms with E-state index in [2.05, 4.69) is 19.2 Å². The zero-order valence-corrected chi connectivity index (χ0v) is 11.0. The van der Waals surface area contributed by atoms with Gasteiger partial charge in [-0.15, -0.1) is 0 Å². The average Bonchev–Trinajstić information content (AvgIpc) is 2.70. The third kappa shape index (κ3) is 3.33. The number of halogens is 1. The number of furan rings is 1. The molecular weight excluding hydrogens is 229 g/mol. The minimum absolute atomic E-state index is 0.215. The Balaban J connectivity index is 1.98. The van der Waals surface area contributed by atoms with E-state index in [-0.39, 0.29) is 5.82 Å². The third-order valence-corrected chi connectivity index (χ3v) is 3.00. The molecule has 1 N–H and O–H groups in total. The van der Waals surface area contributed by atoms with E-state index in [4.69, 9.17) is 4.42 Å². The summed E-state index contributed by atoms with van der Waals surface area (Å²) in [4.78, 5) is 0. The number of benzene rings is 1. The first-order chi connectivity index (χ1) is 8.69. The van der Waals surface area contributed by atoms with Crippen molar-refractivity contribution in [2.45, 2.75) is 26.7 Å². The molecule has 0 aliphatic rings. The van der Waals surface area contributed by atoms with Crippen LogP contribution in [0.25, 0.3) is 11.0 Å². The molecule has 2 aromatic rings. The first-order valence-electron chi connectivity index (χ1n) is 6.57. The van der Waals surface area contributed by atoms with Crippen LogP contribution in [0, 0.1) is 11.7 Å². The highest BCUT2D eigenvalue weighted by Gasteiger charge is 2.09. The molecule has 3 heteroatoms. The van der Waals surface area contributed by atoms with Gasteiger partial charge in [-0.3, -0.25) is 0 Å². The van der Waals surface area contributed by atoms with Crippen molar-refractivity contribution in [3.8, 4) is 0 Å². The maximum atomic E-state index is 13.1. The van der Waals surface area contributed by atoms with Gasteiger partial charge in [0.15, 0.2) is 0 Å². The lowest BCUT2D eigenvalue weighted by molar-refractivity contribution is 0.454. The van der Waals surface area contributed by atoms with Crippen molar-refractivity contribution in [2.24, 2.45) is 5.92 Å². The van der Waals surface area contributed by atoms with E-state index in [0.29, 0.717) is 5.92 Å². The van der Waals surface area contributed by atoms with E-state index in [9.17, 15) is 4.39 Å². The quantitative estimate of drug-likeness (QED) is 0.789. The van der Waals surface area contributed by atoms with Crippen LogP contribution in [-0.2, 0) is 6.42 Å². The molecule has 1 aromatic heterocycles. The van der Waals surface area contributed by atoms with Crippen LogP contribution >= 0.6 is 0 Å². The molecule has 0 radical (unpaired) electrons. The fourth-order valence-corrected chi connectivity index (χ4v) is 2.11. The molecular formula is C15H20FNO. The van der Waals surface area contributed by atoms with Crippen molar-refractivity contribution < 1.29 is 8.81 Å². The van der Waals surface area contributed by atoms with Crippen LogP contribution in [0.4, 0.5) is 4.39 Å². The molecule has 1 aromatic carbocycles. The second-order valence-electron chi connectivity index (χ2n) is 4.91. The maximum absolute atomic E-state index is 13.1. The van der Waals surface area contributed by atoms with Gasteiger partial charge in [-0.05, 0) is 49.7 Å². The molecule has 18 heavy (non-hydrogen) atoms. The summed E-state index contributed by atoms with van der Waals surface area (Å²) in [5, 5.41) is 4.24. The summed E-state index contributed by atoms with van der Waals surface area (Å²) in [6.45, 7) is 6.39. The van der Waals surface area contributed by atoms with E-state index < -0.39 is 0 Å². The van der Waals surface area contributed by atoms with Crippen LogP contribution in [0.5, 0.6) is 0 Å². The zero-order valence-electron chi connectivity index (χ0n) is 11.0. The van der Waals surface area contributed by atoms with Gasteiger partial charge < -0.3 is 9.73 Å². The van der Waals surface area contributed by atoms with E-state index >= 15 is 0 Å². The predicted octanol–water partition coefficient (Wildman–Crippen LogP) is 3.75. The van der Waals surface area contributed by atoms with Gasteiger partial charge >= 0.3 is 0 Å². The molecule has 98 valence electrons. The Bertz CT molecular complexity index is 506. The largest absolute Gasteiger partial charge is 0.461 e. The van der Waals surface area contributed by atoms with Gasteiger partial charge in [0.2, 0.25) is 0 Å². The molecule has 0 saturated heterocycles. The van der Waals surface area contributed by atoms with Crippen LogP contribution in [0.1, 0.15) is 26.0 Å². The Labute approximate surface area is 107 Å². The lowest BCUT2D eigenvalue weighted by Gasteiger charge is -2.10. The first kappa shape index (κ1) is 13.1. The van der Waals surface area contributed by atoms with Gasteiger partial charge in [0.1, 0.15) is 17.2 Å². The van der Waals surface area contributed by atoms with Crippen LogP contribution < -0.4 is 5.32 Å². The molecule has 1 unspecified atom stereocenters. The summed E-state index contributed by atoms with van der Waals surface area (Å²) in [5.41, 5.74) is 0.764. The van der Waals surface area contributed by atoms with Crippen molar-refractivity contribution in [3.63, 3.8) is 0 Å². The Morgan fingerprint density at radius 1 is 1.33 bits per heavy atom. The van der Waals surface area contributed by atoms with E-state index in [1.54, 1.807) is 6.07 Å². The molecule has 0 fully saturated rings. The van der Waals surface area contributed by atoms with E-state index in [0.717, 1.165) is 42.7 Å². The maximum Gasteiger partial charge on any atom is 0.134 e. The highest BCUT2D eigenvalue weighted by Crippen LogP contribution is 2.22. The number of fused-ring (bicyclic) bond motifs is 1. The minimum Gasteiger partial charge on any atom is -0.461 e. The third-order valence-electron chi connectivity index (χ3n) is 3.00. The van der Waals surface area contributed by atoms with Gasteiger partial charge in [0.05, 0.1) is 0 Å². The molecule has 1 atom stereocenters. The summed E-state index contributed by atoms with van der Waals surface area (Å²) >= 11 is 0. The van der Waals surface area contributed by atoms with Gasteiger partial charge in [-0.25, -0.2) is 4.39 Å². The molecule has 0 aliphatic carbocycles. The lowest BCUT2D eigenvalue weighted by atomic mass is 10.1. The fourth-order valence-electron chi connectivity index (χ4n) is 2.11. The van der Waals surface area contributed by atoms with Crippen LogP contribution in [0.3, 0.4) is 0 Å². The molecule has 2 rings (SSSR count). The predicted molar refractivity (Wildman–Crippen MR) is 72.2 cm³/mol. The van der Waals surface area contributed by atoms with Crippen molar-refractivity contribution in [1.82, 2.24) is 5.32 Å². The smallest absolute Gasteiger partial charge is 0.134 e. The Hall–Kier alpha value is -1.35. The average molecular weight is 249 g/mol. The topological polar surface area (TPSA) is 25.2 Å². The molecule has 0 bridgehead atoms.